The maximum atomic E-state index is 12.9. The molecule has 0 saturated carbocycles. The summed E-state index contributed by atoms with van der Waals surface area (Å²) >= 11 is 2.75. The van der Waals surface area contributed by atoms with Gasteiger partial charge in [-0.2, -0.15) is 4.52 Å². The van der Waals surface area contributed by atoms with Gasteiger partial charge in [0, 0.05) is 5.56 Å². The smallest absolute Gasteiger partial charge is 0.257 e. The molecule has 0 aliphatic heterocycles. The van der Waals surface area contributed by atoms with Crippen LogP contribution in [0.4, 0.5) is 9.52 Å². The fourth-order valence-electron chi connectivity index (χ4n) is 2.00. The van der Waals surface area contributed by atoms with Crippen LogP contribution >= 0.6 is 22.7 Å². The second-order valence-corrected chi connectivity index (χ2v) is 6.47. The van der Waals surface area contributed by atoms with Crippen LogP contribution in [0.15, 0.2) is 41.8 Å². The van der Waals surface area contributed by atoms with Crippen LogP contribution in [-0.4, -0.2) is 25.7 Å². The van der Waals surface area contributed by atoms with Crippen LogP contribution in [0.5, 0.6) is 0 Å². The first-order valence-electron chi connectivity index (χ1n) is 6.54. The van der Waals surface area contributed by atoms with E-state index in [2.05, 4.69) is 20.6 Å². The van der Waals surface area contributed by atoms with Crippen LogP contribution < -0.4 is 5.32 Å². The predicted octanol–water partition coefficient (Wildman–Crippen LogP) is 3.31. The molecule has 9 heteroatoms. The number of carbonyl (C=O) groups excluding carboxylic acids is 1. The molecule has 114 valence electrons. The Balaban J connectivity index is 1.62. The van der Waals surface area contributed by atoms with Crippen LogP contribution in [0.1, 0.15) is 10.4 Å². The minimum Gasteiger partial charge on any atom is -0.296 e. The lowest BCUT2D eigenvalue weighted by molar-refractivity contribution is 0.102. The molecule has 3 heterocycles. The molecule has 23 heavy (non-hydrogen) atoms. The Kier molecular flexibility index (Phi) is 3.36. The third kappa shape index (κ3) is 2.60. The van der Waals surface area contributed by atoms with Crippen LogP contribution in [0.2, 0.25) is 0 Å². The number of nitrogens with one attached hydrogen (secondary N) is 1. The molecular weight excluding hydrogens is 337 g/mol. The topological polar surface area (TPSA) is 72.2 Å². The molecule has 0 bridgehead atoms. The number of rotatable bonds is 3. The molecule has 6 nitrogen and oxygen atoms in total. The summed E-state index contributed by atoms with van der Waals surface area (Å²) in [4.78, 5) is 13.7. The average Bonchev–Trinajstić information content (AvgIpc) is 3.23. The van der Waals surface area contributed by atoms with Gasteiger partial charge in [0.2, 0.25) is 10.1 Å². The summed E-state index contributed by atoms with van der Waals surface area (Å²) < 4.78 is 14.5. The van der Waals surface area contributed by atoms with E-state index in [9.17, 15) is 9.18 Å². The van der Waals surface area contributed by atoms with E-state index in [0.29, 0.717) is 21.5 Å². The van der Waals surface area contributed by atoms with Crippen LogP contribution in [0.3, 0.4) is 0 Å². The van der Waals surface area contributed by atoms with E-state index in [1.165, 1.54) is 46.9 Å². The predicted molar refractivity (Wildman–Crippen MR) is 86.3 cm³/mol. The molecule has 0 atom stereocenters. The first-order chi connectivity index (χ1) is 11.2. The summed E-state index contributed by atoms with van der Waals surface area (Å²) in [7, 11) is 0. The maximum Gasteiger partial charge on any atom is 0.257 e. The monoisotopic (exact) mass is 345 g/mol. The molecule has 0 saturated heterocycles. The highest BCUT2D eigenvalue weighted by atomic mass is 32.1. The van der Waals surface area contributed by atoms with Crippen molar-refractivity contribution in [3.63, 3.8) is 0 Å². The third-order valence-corrected chi connectivity index (χ3v) is 4.74. The Bertz CT molecular complexity index is 975. The summed E-state index contributed by atoms with van der Waals surface area (Å²) in [5, 5.41) is 17.5. The Morgan fingerprint density at radius 1 is 1.17 bits per heavy atom. The van der Waals surface area contributed by atoms with E-state index in [0.717, 1.165) is 4.88 Å². The zero-order valence-corrected chi connectivity index (χ0v) is 13.1. The van der Waals surface area contributed by atoms with E-state index in [-0.39, 0.29) is 11.7 Å². The average molecular weight is 345 g/mol. The normalized spacial score (nSPS) is 11.0. The van der Waals surface area contributed by atoms with Gasteiger partial charge in [-0.1, -0.05) is 17.4 Å². The van der Waals surface area contributed by atoms with Crippen LogP contribution in [-0.2, 0) is 0 Å². The van der Waals surface area contributed by atoms with E-state index >= 15 is 0 Å². The maximum absolute atomic E-state index is 12.9. The Morgan fingerprint density at radius 3 is 2.74 bits per heavy atom. The lowest BCUT2D eigenvalue weighted by atomic mass is 10.2. The number of fused-ring (bicyclic) bond motifs is 1. The summed E-state index contributed by atoms with van der Waals surface area (Å²) in [5.74, 6) is -0.109. The number of halogens is 1. The minimum absolute atomic E-state index is 0.354. The number of hydrogen-bond donors (Lipinski definition) is 1. The van der Waals surface area contributed by atoms with Gasteiger partial charge in [-0.25, -0.2) is 4.39 Å². The summed E-state index contributed by atoms with van der Waals surface area (Å²) in [6.07, 6.45) is 0. The largest absolute Gasteiger partial charge is 0.296 e. The van der Waals surface area contributed by atoms with Gasteiger partial charge in [0.15, 0.2) is 5.82 Å². The molecule has 0 spiro atoms. The van der Waals surface area contributed by atoms with E-state index in [1.807, 2.05) is 17.5 Å². The van der Waals surface area contributed by atoms with E-state index in [1.54, 1.807) is 4.52 Å². The molecular formula is C14H8FN5OS2. The molecule has 4 aromatic rings. The number of aromatic nitrogens is 4. The second-order valence-electron chi connectivity index (χ2n) is 4.56. The van der Waals surface area contributed by atoms with Gasteiger partial charge in [0.05, 0.1) is 4.88 Å². The zero-order chi connectivity index (χ0) is 15.8. The van der Waals surface area contributed by atoms with Gasteiger partial charge in [-0.05, 0) is 35.7 Å². The summed E-state index contributed by atoms with van der Waals surface area (Å²) in [5.41, 5.74) is 0.357. The van der Waals surface area contributed by atoms with Gasteiger partial charge in [-0.15, -0.1) is 26.6 Å². The minimum atomic E-state index is -0.388. The number of carbonyl (C=O) groups is 1. The summed E-state index contributed by atoms with van der Waals surface area (Å²) in [6.45, 7) is 0. The van der Waals surface area contributed by atoms with Crippen molar-refractivity contribution in [2.75, 3.05) is 5.32 Å². The van der Waals surface area contributed by atoms with Crippen molar-refractivity contribution in [2.24, 2.45) is 0 Å². The van der Waals surface area contributed by atoms with Crippen molar-refractivity contribution in [3.05, 3.63) is 53.2 Å². The lowest BCUT2D eigenvalue weighted by Gasteiger charge is -2.00. The number of anilines is 1. The molecule has 1 aromatic carbocycles. The van der Waals surface area contributed by atoms with Gasteiger partial charge in [0.1, 0.15) is 5.82 Å². The first-order valence-corrected chi connectivity index (χ1v) is 8.23. The Labute approximate surface area is 137 Å². The van der Waals surface area contributed by atoms with Crippen molar-refractivity contribution in [2.45, 2.75) is 0 Å². The molecule has 1 amide bonds. The van der Waals surface area contributed by atoms with Crippen molar-refractivity contribution in [3.8, 4) is 10.7 Å². The van der Waals surface area contributed by atoms with E-state index < -0.39 is 0 Å². The molecule has 0 aliphatic rings. The van der Waals surface area contributed by atoms with Gasteiger partial charge in [-0.3, -0.25) is 10.1 Å². The van der Waals surface area contributed by atoms with E-state index in [4.69, 9.17) is 0 Å². The van der Waals surface area contributed by atoms with Gasteiger partial charge >= 0.3 is 0 Å². The van der Waals surface area contributed by atoms with Crippen molar-refractivity contribution < 1.29 is 9.18 Å². The molecule has 0 fully saturated rings. The number of hydrogen-bond acceptors (Lipinski definition) is 6. The Morgan fingerprint density at radius 2 is 2.00 bits per heavy atom. The summed E-state index contributed by atoms with van der Waals surface area (Å²) in [6, 6.07) is 9.16. The molecule has 4 rings (SSSR count). The zero-order valence-electron chi connectivity index (χ0n) is 11.4. The number of benzene rings is 1. The van der Waals surface area contributed by atoms with Crippen LogP contribution in [0, 0.1) is 5.82 Å². The molecule has 1 N–H and O–H groups in total. The lowest BCUT2D eigenvalue weighted by Crippen LogP contribution is -2.11. The molecule has 0 radical (unpaired) electrons. The number of nitrogens with zero attached hydrogens (tertiary/aromatic N) is 4. The third-order valence-electron chi connectivity index (χ3n) is 3.06. The standard InChI is InChI=1S/C14H8FN5OS2/c15-9-5-3-8(4-6-9)12(21)16-13-19-20-11(10-2-1-7-22-10)17-18-14(20)23-13/h1-7H,(H,16,19,21). The van der Waals surface area contributed by atoms with Crippen molar-refractivity contribution in [1.29, 1.82) is 0 Å². The fraction of sp³-hybridized carbons (Fsp3) is 0. The number of amides is 1. The Hall–Kier alpha value is -2.65. The quantitative estimate of drug-likeness (QED) is 0.618. The molecule has 0 aliphatic carbocycles. The van der Waals surface area contributed by atoms with Gasteiger partial charge < -0.3 is 0 Å². The highest BCUT2D eigenvalue weighted by Gasteiger charge is 2.16. The molecule has 3 aromatic heterocycles. The highest BCUT2D eigenvalue weighted by molar-refractivity contribution is 7.20. The van der Waals surface area contributed by atoms with Crippen molar-refractivity contribution >= 4 is 38.7 Å². The van der Waals surface area contributed by atoms with Crippen LogP contribution in [0.25, 0.3) is 15.7 Å². The SMILES string of the molecule is O=C(Nc1nn2c(-c3cccs3)nnc2s1)c1ccc(F)cc1. The highest BCUT2D eigenvalue weighted by Crippen LogP contribution is 2.27. The fourth-order valence-corrected chi connectivity index (χ4v) is 3.43. The first kappa shape index (κ1) is 14.0. The number of thiophene rings is 1. The van der Waals surface area contributed by atoms with Gasteiger partial charge in [0.25, 0.3) is 5.91 Å². The van der Waals surface area contributed by atoms with Crippen molar-refractivity contribution in [1.82, 2.24) is 19.8 Å². The second kappa shape index (κ2) is 5.52. The molecule has 0 unspecified atom stereocenters.